The van der Waals surface area contributed by atoms with Crippen molar-refractivity contribution in [2.45, 2.75) is 25.3 Å². The molecule has 0 aliphatic heterocycles. The molecule has 3 N–H and O–H groups in total. The Balaban J connectivity index is 2.07. The molecule has 2 rings (SSSR count). The molecule has 0 aromatic carbocycles. The molecule has 0 spiro atoms. The number of carboxylic acids is 1. The molecular formula is C12H14N2O4. The Kier molecular flexibility index (Phi) is 3.45. The van der Waals surface area contributed by atoms with Gasteiger partial charge < -0.3 is 15.4 Å². The molecule has 6 heteroatoms. The number of aromatic nitrogens is 1. The van der Waals surface area contributed by atoms with E-state index in [2.05, 4.69) is 10.3 Å². The summed E-state index contributed by atoms with van der Waals surface area (Å²) in [6, 6.07) is 3.92. The normalized spacial score (nSPS) is 22.7. The number of carbonyl (C=O) groups excluding carboxylic acids is 1. The minimum atomic E-state index is -0.889. The molecule has 0 bridgehead atoms. The largest absolute Gasteiger partial charge is 0.481 e. The van der Waals surface area contributed by atoms with E-state index in [0.29, 0.717) is 12.8 Å². The highest BCUT2D eigenvalue weighted by Gasteiger charge is 2.34. The third-order valence-corrected chi connectivity index (χ3v) is 3.16. The highest BCUT2D eigenvalue weighted by molar-refractivity contribution is 5.92. The van der Waals surface area contributed by atoms with Crippen LogP contribution in [-0.2, 0) is 4.79 Å². The van der Waals surface area contributed by atoms with Gasteiger partial charge in [-0.05, 0) is 18.9 Å². The fraction of sp³-hybridized carbons (Fsp3) is 0.417. The minimum Gasteiger partial charge on any atom is -0.481 e. The second kappa shape index (κ2) is 5.03. The zero-order valence-electron chi connectivity index (χ0n) is 9.68. The standard InChI is InChI=1S/C12H14N2O4/c15-10-6-2-5-9(13-10)11(16)14-8-4-1-3-7(8)12(17)18/h2,5-8H,1,3-4H2,(H,13,15)(H,14,16)(H,17,18). The van der Waals surface area contributed by atoms with Gasteiger partial charge in [0.1, 0.15) is 5.69 Å². The van der Waals surface area contributed by atoms with Gasteiger partial charge in [0, 0.05) is 12.1 Å². The van der Waals surface area contributed by atoms with Gasteiger partial charge in [-0.2, -0.15) is 0 Å². The van der Waals surface area contributed by atoms with Crippen LogP contribution in [0, 0.1) is 5.92 Å². The second-order valence-electron chi connectivity index (χ2n) is 4.38. The summed E-state index contributed by atoms with van der Waals surface area (Å²) in [7, 11) is 0. The van der Waals surface area contributed by atoms with E-state index in [9.17, 15) is 14.4 Å². The molecule has 2 atom stereocenters. The van der Waals surface area contributed by atoms with Crippen molar-refractivity contribution in [3.05, 3.63) is 34.2 Å². The zero-order valence-corrected chi connectivity index (χ0v) is 9.68. The highest BCUT2D eigenvalue weighted by atomic mass is 16.4. The van der Waals surface area contributed by atoms with Crippen molar-refractivity contribution in [2.24, 2.45) is 5.92 Å². The maximum atomic E-state index is 11.8. The molecule has 0 saturated heterocycles. The van der Waals surface area contributed by atoms with E-state index >= 15 is 0 Å². The molecule has 1 heterocycles. The van der Waals surface area contributed by atoms with E-state index < -0.39 is 17.8 Å². The van der Waals surface area contributed by atoms with Crippen molar-refractivity contribution in [3.63, 3.8) is 0 Å². The van der Waals surface area contributed by atoms with Crippen LogP contribution in [0.1, 0.15) is 29.8 Å². The molecule has 1 aliphatic rings. The average molecular weight is 250 g/mol. The van der Waals surface area contributed by atoms with E-state index in [1.807, 2.05) is 0 Å². The number of carboxylic acid groups (broad SMARTS) is 1. The Morgan fingerprint density at radius 2 is 2.11 bits per heavy atom. The van der Waals surface area contributed by atoms with Gasteiger partial charge in [0.15, 0.2) is 0 Å². The Labute approximate surface area is 103 Å². The van der Waals surface area contributed by atoms with E-state index in [0.717, 1.165) is 6.42 Å². The predicted molar refractivity (Wildman–Crippen MR) is 63.3 cm³/mol. The SMILES string of the molecule is O=C(NC1CCCC1C(=O)O)c1cccc(=O)[nH]1. The topological polar surface area (TPSA) is 99.3 Å². The van der Waals surface area contributed by atoms with Crippen molar-refractivity contribution in [1.29, 1.82) is 0 Å². The van der Waals surface area contributed by atoms with E-state index in [4.69, 9.17) is 5.11 Å². The molecule has 1 fully saturated rings. The first-order chi connectivity index (χ1) is 8.58. The lowest BCUT2D eigenvalue weighted by molar-refractivity contribution is -0.142. The van der Waals surface area contributed by atoms with Gasteiger partial charge in [-0.25, -0.2) is 0 Å². The first kappa shape index (κ1) is 12.3. The first-order valence-electron chi connectivity index (χ1n) is 5.81. The Morgan fingerprint density at radius 1 is 1.33 bits per heavy atom. The number of aliphatic carboxylic acids is 1. The molecule has 6 nitrogen and oxygen atoms in total. The lowest BCUT2D eigenvalue weighted by Crippen LogP contribution is -2.40. The summed E-state index contributed by atoms with van der Waals surface area (Å²) in [5.41, 5.74) is -0.206. The third-order valence-electron chi connectivity index (χ3n) is 3.16. The van der Waals surface area contributed by atoms with Crippen LogP contribution >= 0.6 is 0 Å². The lowest BCUT2D eigenvalue weighted by atomic mass is 10.0. The zero-order chi connectivity index (χ0) is 13.1. The summed E-state index contributed by atoms with van der Waals surface area (Å²) in [4.78, 5) is 36.3. The van der Waals surface area contributed by atoms with Crippen LogP contribution in [0.15, 0.2) is 23.0 Å². The number of hydrogen-bond acceptors (Lipinski definition) is 3. The number of aromatic amines is 1. The van der Waals surface area contributed by atoms with Gasteiger partial charge in [-0.15, -0.1) is 0 Å². The molecule has 1 saturated carbocycles. The van der Waals surface area contributed by atoms with Crippen LogP contribution in [0.3, 0.4) is 0 Å². The Morgan fingerprint density at radius 3 is 2.78 bits per heavy atom. The maximum absolute atomic E-state index is 11.8. The summed E-state index contributed by atoms with van der Waals surface area (Å²) in [5, 5.41) is 11.7. The van der Waals surface area contributed by atoms with Crippen LogP contribution in [0.25, 0.3) is 0 Å². The average Bonchev–Trinajstić information content (AvgIpc) is 2.77. The number of pyridine rings is 1. The van der Waals surface area contributed by atoms with Crippen molar-refractivity contribution < 1.29 is 14.7 Å². The fourth-order valence-corrected chi connectivity index (χ4v) is 2.25. The minimum absolute atomic E-state index is 0.151. The van der Waals surface area contributed by atoms with Crippen molar-refractivity contribution in [2.75, 3.05) is 0 Å². The molecule has 1 amide bonds. The number of rotatable bonds is 3. The molecule has 1 aromatic rings. The molecule has 18 heavy (non-hydrogen) atoms. The summed E-state index contributed by atoms with van der Waals surface area (Å²) < 4.78 is 0. The van der Waals surface area contributed by atoms with Gasteiger partial charge in [0.2, 0.25) is 5.56 Å². The summed E-state index contributed by atoms with van der Waals surface area (Å²) in [6.45, 7) is 0. The van der Waals surface area contributed by atoms with Gasteiger partial charge >= 0.3 is 5.97 Å². The van der Waals surface area contributed by atoms with Crippen LogP contribution < -0.4 is 10.9 Å². The van der Waals surface area contributed by atoms with Crippen molar-refractivity contribution >= 4 is 11.9 Å². The Hall–Kier alpha value is -2.11. The van der Waals surface area contributed by atoms with Gasteiger partial charge in [0.05, 0.1) is 5.92 Å². The van der Waals surface area contributed by atoms with Gasteiger partial charge in [-0.3, -0.25) is 14.4 Å². The monoisotopic (exact) mass is 250 g/mol. The van der Waals surface area contributed by atoms with Crippen molar-refractivity contribution in [1.82, 2.24) is 10.3 Å². The quantitative estimate of drug-likeness (QED) is 0.721. The fourth-order valence-electron chi connectivity index (χ4n) is 2.25. The van der Waals surface area contributed by atoms with E-state index in [1.165, 1.54) is 18.2 Å². The first-order valence-corrected chi connectivity index (χ1v) is 5.81. The molecule has 0 radical (unpaired) electrons. The molecule has 1 aromatic heterocycles. The summed E-state index contributed by atoms with van der Waals surface area (Å²) >= 11 is 0. The highest BCUT2D eigenvalue weighted by Crippen LogP contribution is 2.25. The number of hydrogen-bond donors (Lipinski definition) is 3. The number of nitrogens with one attached hydrogen (secondary N) is 2. The summed E-state index contributed by atoms with van der Waals surface area (Å²) in [5.74, 6) is -1.87. The number of amides is 1. The smallest absolute Gasteiger partial charge is 0.308 e. The molecule has 2 unspecified atom stereocenters. The van der Waals surface area contributed by atoms with Crippen LogP contribution in [0.5, 0.6) is 0 Å². The molecule has 96 valence electrons. The van der Waals surface area contributed by atoms with Crippen LogP contribution in [-0.4, -0.2) is 28.0 Å². The number of carbonyl (C=O) groups is 2. The van der Waals surface area contributed by atoms with Crippen LogP contribution in [0.4, 0.5) is 0 Å². The van der Waals surface area contributed by atoms with Gasteiger partial charge in [0.25, 0.3) is 5.91 Å². The Bertz CT molecular complexity index is 523. The van der Waals surface area contributed by atoms with E-state index in [-0.39, 0.29) is 17.3 Å². The second-order valence-corrected chi connectivity index (χ2v) is 4.38. The lowest BCUT2D eigenvalue weighted by Gasteiger charge is -2.17. The van der Waals surface area contributed by atoms with Crippen molar-refractivity contribution in [3.8, 4) is 0 Å². The van der Waals surface area contributed by atoms with Crippen LogP contribution in [0.2, 0.25) is 0 Å². The summed E-state index contributed by atoms with van der Waals surface area (Å²) in [6.07, 6.45) is 2.01. The number of H-pyrrole nitrogens is 1. The third kappa shape index (κ3) is 2.58. The van der Waals surface area contributed by atoms with E-state index in [1.54, 1.807) is 0 Å². The van der Waals surface area contributed by atoms with Gasteiger partial charge in [-0.1, -0.05) is 12.5 Å². The molecule has 1 aliphatic carbocycles. The predicted octanol–water partition coefficient (Wildman–Crippen LogP) is 0.358. The molecular weight excluding hydrogens is 236 g/mol. The maximum Gasteiger partial charge on any atom is 0.308 e.